The number of amides is 1. The molecule has 3 aromatic carbocycles. The van der Waals surface area contributed by atoms with E-state index in [0.717, 1.165) is 22.0 Å². The number of thiazole rings is 1. The number of fused-ring (bicyclic) bond motifs is 2. The van der Waals surface area contributed by atoms with Gasteiger partial charge in [0.15, 0.2) is 4.80 Å². The number of rotatable bonds is 6. The summed E-state index contributed by atoms with van der Waals surface area (Å²) in [6, 6.07) is 24.6. The van der Waals surface area contributed by atoms with Gasteiger partial charge in [-0.25, -0.2) is 4.99 Å². The van der Waals surface area contributed by atoms with E-state index in [1.165, 1.54) is 11.3 Å². The van der Waals surface area contributed by atoms with Crippen LogP contribution >= 0.6 is 11.3 Å². The molecule has 5 aromatic rings. The highest BCUT2D eigenvalue weighted by Crippen LogP contribution is 2.32. The van der Waals surface area contributed by atoms with Crippen molar-refractivity contribution < 1.29 is 9.53 Å². The quantitative estimate of drug-likeness (QED) is 0.300. The summed E-state index contributed by atoms with van der Waals surface area (Å²) in [5.74, 6) is 0.336. The number of carbonyl (C=O) groups excluding carboxylic acids is 1. The highest BCUT2D eigenvalue weighted by atomic mass is 32.1. The van der Waals surface area contributed by atoms with Crippen LogP contribution in [0.3, 0.4) is 0 Å². The average Bonchev–Trinajstić information content (AvgIpc) is 3.50. The van der Waals surface area contributed by atoms with Crippen LogP contribution in [0, 0.1) is 0 Å². The van der Waals surface area contributed by atoms with Crippen molar-refractivity contribution in [3.63, 3.8) is 0 Å². The van der Waals surface area contributed by atoms with Crippen LogP contribution in [0.1, 0.15) is 44.0 Å². The van der Waals surface area contributed by atoms with Crippen LogP contribution in [-0.4, -0.2) is 22.2 Å². The first kappa shape index (κ1) is 26.5. The summed E-state index contributed by atoms with van der Waals surface area (Å²) in [6.45, 7) is 6.10. The van der Waals surface area contributed by atoms with Crippen LogP contribution < -0.4 is 24.9 Å². The first-order chi connectivity index (χ1) is 19.9. The van der Waals surface area contributed by atoms with Crippen LogP contribution in [0.15, 0.2) is 106 Å². The lowest BCUT2D eigenvalue weighted by molar-refractivity contribution is -0.113. The number of aromatic nitrogens is 2. The number of hydrogen-bond acceptors (Lipinski definition) is 5. The Balaban J connectivity index is 1.54. The predicted octanol–water partition coefficient (Wildman–Crippen LogP) is 5.42. The molecule has 0 spiro atoms. The van der Waals surface area contributed by atoms with Gasteiger partial charge in [-0.3, -0.25) is 14.2 Å². The van der Waals surface area contributed by atoms with Crippen LogP contribution in [0.25, 0.3) is 17.0 Å². The second-order valence-corrected chi connectivity index (χ2v) is 11.3. The van der Waals surface area contributed by atoms with Crippen molar-refractivity contribution in [2.24, 2.45) is 4.99 Å². The first-order valence-corrected chi connectivity index (χ1v) is 14.3. The Morgan fingerprint density at radius 1 is 1.05 bits per heavy atom. The molecule has 6 rings (SSSR count). The van der Waals surface area contributed by atoms with Gasteiger partial charge in [0.05, 0.1) is 29.0 Å². The third-order valence-corrected chi connectivity index (χ3v) is 8.30. The Labute approximate surface area is 241 Å². The van der Waals surface area contributed by atoms with E-state index >= 15 is 0 Å². The topological polar surface area (TPSA) is 77.6 Å². The molecule has 8 heteroatoms. The number of hydrogen-bond donors (Lipinski definition) is 1. The number of allylic oxidation sites excluding steroid dienone is 1. The Morgan fingerprint density at radius 3 is 2.56 bits per heavy atom. The molecule has 1 N–H and O–H groups in total. The minimum absolute atomic E-state index is 0.194. The van der Waals surface area contributed by atoms with Gasteiger partial charge >= 0.3 is 0 Å². The summed E-state index contributed by atoms with van der Waals surface area (Å²) in [4.78, 5) is 33.2. The van der Waals surface area contributed by atoms with E-state index < -0.39 is 6.04 Å². The van der Waals surface area contributed by atoms with E-state index in [4.69, 9.17) is 9.73 Å². The van der Waals surface area contributed by atoms with Crippen molar-refractivity contribution in [2.75, 3.05) is 12.4 Å². The van der Waals surface area contributed by atoms with Gasteiger partial charge in [0.25, 0.3) is 11.5 Å². The fraction of sp³-hybridized carbons (Fsp3) is 0.182. The minimum Gasteiger partial charge on any atom is -0.497 e. The number of anilines is 1. The van der Waals surface area contributed by atoms with Crippen LogP contribution in [0.4, 0.5) is 5.69 Å². The molecule has 0 saturated heterocycles. The van der Waals surface area contributed by atoms with Crippen molar-refractivity contribution >= 4 is 39.9 Å². The van der Waals surface area contributed by atoms with Gasteiger partial charge in [0, 0.05) is 34.4 Å². The molecule has 2 aromatic heterocycles. The Kier molecular flexibility index (Phi) is 6.93. The van der Waals surface area contributed by atoms with Crippen LogP contribution in [0.2, 0.25) is 0 Å². The lowest BCUT2D eigenvalue weighted by Gasteiger charge is -2.25. The fourth-order valence-corrected chi connectivity index (χ4v) is 6.41. The molecule has 7 nitrogen and oxygen atoms in total. The Hall–Kier alpha value is -4.69. The molecule has 1 aliphatic heterocycles. The maximum absolute atomic E-state index is 14.2. The normalized spacial score (nSPS) is 15.2. The van der Waals surface area contributed by atoms with Crippen molar-refractivity contribution in [3.8, 4) is 5.75 Å². The van der Waals surface area contributed by atoms with Gasteiger partial charge in [-0.1, -0.05) is 59.9 Å². The van der Waals surface area contributed by atoms with Gasteiger partial charge in [-0.05, 0) is 62.7 Å². The first-order valence-electron chi connectivity index (χ1n) is 13.5. The van der Waals surface area contributed by atoms with E-state index in [-0.39, 0.29) is 17.5 Å². The zero-order valence-electron chi connectivity index (χ0n) is 23.3. The number of methoxy groups -OCH3 is 1. The lowest BCUT2D eigenvalue weighted by atomic mass is 9.95. The largest absolute Gasteiger partial charge is 0.497 e. The number of para-hydroxylation sites is 2. The van der Waals surface area contributed by atoms with Crippen LogP contribution in [-0.2, 0) is 4.79 Å². The SMILES string of the molecule is COc1cccc([C@H]2C(C(=O)Nc3ccccc3)=C(C)N=c3s/c(=C\c4cn(C(C)C)c5ccccc45)c(=O)n32)c1. The van der Waals surface area contributed by atoms with E-state index in [9.17, 15) is 9.59 Å². The summed E-state index contributed by atoms with van der Waals surface area (Å²) >= 11 is 1.33. The van der Waals surface area contributed by atoms with Crippen molar-refractivity contribution in [2.45, 2.75) is 32.9 Å². The molecule has 3 heterocycles. The average molecular weight is 563 g/mol. The van der Waals surface area contributed by atoms with Crippen LogP contribution in [0.5, 0.6) is 5.75 Å². The van der Waals surface area contributed by atoms with E-state index in [1.807, 2.05) is 79.7 Å². The Bertz CT molecular complexity index is 2000. The predicted molar refractivity (Wildman–Crippen MR) is 164 cm³/mol. The monoisotopic (exact) mass is 562 g/mol. The Morgan fingerprint density at radius 2 is 1.80 bits per heavy atom. The van der Waals surface area contributed by atoms with Crippen molar-refractivity contribution in [1.82, 2.24) is 9.13 Å². The molecule has 0 bridgehead atoms. The van der Waals surface area contributed by atoms with Gasteiger partial charge in [0.2, 0.25) is 0 Å². The van der Waals surface area contributed by atoms with Gasteiger partial charge in [-0.15, -0.1) is 0 Å². The molecule has 1 amide bonds. The summed E-state index contributed by atoms with van der Waals surface area (Å²) in [5, 5.41) is 4.07. The molecule has 1 aliphatic rings. The molecule has 0 saturated carbocycles. The number of ether oxygens (including phenoxy) is 1. The second-order valence-electron chi connectivity index (χ2n) is 10.3. The minimum atomic E-state index is -0.677. The van der Waals surface area contributed by atoms with Gasteiger partial charge in [-0.2, -0.15) is 0 Å². The molecular weight excluding hydrogens is 532 g/mol. The third-order valence-electron chi connectivity index (χ3n) is 7.32. The number of carbonyl (C=O) groups is 1. The zero-order valence-corrected chi connectivity index (χ0v) is 24.1. The fourth-order valence-electron chi connectivity index (χ4n) is 5.37. The third kappa shape index (κ3) is 4.80. The summed E-state index contributed by atoms with van der Waals surface area (Å²) in [7, 11) is 1.60. The zero-order chi connectivity index (χ0) is 28.7. The smallest absolute Gasteiger partial charge is 0.271 e. The molecule has 0 aliphatic carbocycles. The molecule has 0 unspecified atom stereocenters. The lowest BCUT2D eigenvalue weighted by Crippen LogP contribution is -2.40. The number of nitrogens with one attached hydrogen (secondary N) is 1. The standard InChI is InChI=1S/C33H30N4O3S/c1-20(2)36-19-23(26-15-8-9-16-27(26)36)18-28-32(39)37-30(22-11-10-14-25(17-22)40-4)29(21(3)34-33(37)41-28)31(38)35-24-12-6-5-7-13-24/h5-20,30H,1-4H3,(H,35,38)/b28-18-/t30-/m0/s1. The number of benzene rings is 3. The van der Waals surface area contributed by atoms with Gasteiger partial charge in [0.1, 0.15) is 5.75 Å². The highest BCUT2D eigenvalue weighted by molar-refractivity contribution is 7.07. The van der Waals surface area contributed by atoms with Crippen molar-refractivity contribution in [1.29, 1.82) is 0 Å². The van der Waals surface area contributed by atoms with E-state index in [2.05, 4.69) is 42.1 Å². The highest BCUT2D eigenvalue weighted by Gasteiger charge is 2.32. The molecule has 41 heavy (non-hydrogen) atoms. The molecule has 0 fully saturated rings. The van der Waals surface area contributed by atoms with E-state index in [0.29, 0.717) is 32.0 Å². The number of nitrogens with zero attached hydrogens (tertiary/aromatic N) is 3. The summed E-state index contributed by atoms with van der Waals surface area (Å²) in [5.41, 5.74) is 4.30. The summed E-state index contributed by atoms with van der Waals surface area (Å²) < 4.78 is 9.91. The molecular formula is C33H30N4O3S. The van der Waals surface area contributed by atoms with Crippen molar-refractivity contribution in [3.05, 3.63) is 127 Å². The summed E-state index contributed by atoms with van der Waals surface area (Å²) in [6.07, 6.45) is 4.04. The molecule has 206 valence electrons. The molecule has 0 radical (unpaired) electrons. The maximum atomic E-state index is 14.2. The maximum Gasteiger partial charge on any atom is 0.271 e. The second kappa shape index (κ2) is 10.7. The van der Waals surface area contributed by atoms with E-state index in [1.54, 1.807) is 11.7 Å². The molecule has 1 atom stereocenters. The van der Waals surface area contributed by atoms with Gasteiger partial charge < -0.3 is 14.6 Å².